The molecule has 0 aromatic carbocycles. The van der Waals surface area contributed by atoms with Gasteiger partial charge in [0, 0.05) is 12.6 Å². The van der Waals surface area contributed by atoms with Crippen molar-refractivity contribution in [2.45, 2.75) is 57.5 Å². The van der Waals surface area contributed by atoms with E-state index >= 15 is 0 Å². The minimum atomic E-state index is -0.311. The van der Waals surface area contributed by atoms with Crippen molar-refractivity contribution in [1.29, 1.82) is 5.26 Å². The van der Waals surface area contributed by atoms with Gasteiger partial charge >= 0.3 is 0 Å². The fourth-order valence-corrected chi connectivity index (χ4v) is 2.69. The first kappa shape index (κ1) is 13.8. The Bertz CT molecular complexity index is 318. The van der Waals surface area contributed by atoms with Gasteiger partial charge in [-0.15, -0.1) is 0 Å². The monoisotopic (exact) mass is 249 g/mol. The Hall–Kier alpha value is -0.590. The molecule has 3 atom stereocenters. The van der Waals surface area contributed by atoms with Crippen LogP contribution in [-0.2, 0) is 0 Å². The van der Waals surface area contributed by atoms with Crippen molar-refractivity contribution in [3.63, 3.8) is 0 Å². The smallest absolute Gasteiger partial charge is 0.104 e. The summed E-state index contributed by atoms with van der Waals surface area (Å²) in [6.07, 6.45) is 5.98. The van der Waals surface area contributed by atoms with Crippen LogP contribution in [0.2, 0.25) is 0 Å². The molecule has 18 heavy (non-hydrogen) atoms. The van der Waals surface area contributed by atoms with Crippen LogP contribution in [0.25, 0.3) is 0 Å². The van der Waals surface area contributed by atoms with Gasteiger partial charge < -0.3 is 4.90 Å². The summed E-state index contributed by atoms with van der Waals surface area (Å²) in [5.41, 5.74) is -0.311. The molecule has 0 aliphatic heterocycles. The molecule has 0 heterocycles. The van der Waals surface area contributed by atoms with E-state index in [0.29, 0.717) is 6.04 Å². The summed E-state index contributed by atoms with van der Waals surface area (Å²) in [4.78, 5) is 2.43. The van der Waals surface area contributed by atoms with Gasteiger partial charge in [-0.2, -0.15) is 5.26 Å². The normalized spacial score (nSPS) is 29.9. The number of hydrogen-bond acceptors (Lipinski definition) is 3. The maximum atomic E-state index is 9.29. The molecule has 102 valence electrons. The summed E-state index contributed by atoms with van der Waals surface area (Å²) in [6, 6.07) is 3.06. The van der Waals surface area contributed by atoms with Crippen molar-refractivity contribution in [2.24, 2.45) is 11.8 Å². The molecule has 3 nitrogen and oxygen atoms in total. The molecular formula is C15H27N3. The topological polar surface area (TPSA) is 39.1 Å². The van der Waals surface area contributed by atoms with Crippen molar-refractivity contribution in [3.05, 3.63) is 0 Å². The summed E-state index contributed by atoms with van der Waals surface area (Å²) < 4.78 is 0. The van der Waals surface area contributed by atoms with Gasteiger partial charge in [-0.1, -0.05) is 6.92 Å². The standard InChI is InChI=1S/C15H27N3/c1-12-9-13(12)10-18(3)8-4-7-15(2,11-16)17-14-5-6-14/h12-14,17H,4-10H2,1-3H3. The molecule has 0 aromatic heterocycles. The third-order valence-corrected chi connectivity index (χ3v) is 4.39. The highest BCUT2D eigenvalue weighted by molar-refractivity contribution is 5.07. The molecule has 0 aromatic rings. The van der Waals surface area contributed by atoms with E-state index in [9.17, 15) is 5.26 Å². The molecule has 3 heteroatoms. The molecule has 0 radical (unpaired) electrons. The highest BCUT2D eigenvalue weighted by atomic mass is 15.1. The quantitative estimate of drug-likeness (QED) is 0.718. The third kappa shape index (κ3) is 4.26. The van der Waals surface area contributed by atoms with Crippen molar-refractivity contribution in [3.8, 4) is 6.07 Å². The van der Waals surface area contributed by atoms with Crippen molar-refractivity contribution < 1.29 is 0 Å². The Morgan fingerprint density at radius 1 is 1.44 bits per heavy atom. The van der Waals surface area contributed by atoms with E-state index in [0.717, 1.165) is 31.2 Å². The van der Waals surface area contributed by atoms with E-state index in [2.05, 4.69) is 30.3 Å². The molecule has 0 bridgehead atoms. The lowest BCUT2D eigenvalue weighted by Crippen LogP contribution is -2.42. The average molecular weight is 249 g/mol. The van der Waals surface area contributed by atoms with Crippen LogP contribution in [0.3, 0.4) is 0 Å². The molecule has 2 aliphatic carbocycles. The molecule has 0 amide bonds. The molecular weight excluding hydrogens is 222 g/mol. The molecule has 1 N–H and O–H groups in total. The van der Waals surface area contributed by atoms with Crippen LogP contribution in [0.1, 0.15) is 46.0 Å². The van der Waals surface area contributed by atoms with E-state index in [1.807, 2.05) is 6.92 Å². The zero-order valence-corrected chi connectivity index (χ0v) is 12.1. The molecule has 0 saturated heterocycles. The van der Waals surface area contributed by atoms with Crippen molar-refractivity contribution in [2.75, 3.05) is 20.1 Å². The Labute approximate surface area is 112 Å². The second-order valence-electron chi connectivity index (χ2n) is 6.70. The summed E-state index contributed by atoms with van der Waals surface area (Å²) in [5, 5.41) is 12.8. The first-order valence-electron chi connectivity index (χ1n) is 7.40. The van der Waals surface area contributed by atoms with Gasteiger partial charge in [0.05, 0.1) is 6.07 Å². The Balaban J connectivity index is 1.61. The number of nitrogens with zero attached hydrogens (tertiary/aromatic N) is 2. The van der Waals surface area contributed by atoms with E-state index in [1.54, 1.807) is 0 Å². The summed E-state index contributed by atoms with van der Waals surface area (Å²) >= 11 is 0. The minimum absolute atomic E-state index is 0.311. The van der Waals surface area contributed by atoms with Gasteiger partial charge in [0.15, 0.2) is 0 Å². The first-order chi connectivity index (χ1) is 8.52. The van der Waals surface area contributed by atoms with Gasteiger partial charge in [-0.25, -0.2) is 0 Å². The number of hydrogen-bond donors (Lipinski definition) is 1. The predicted molar refractivity (Wildman–Crippen MR) is 74.2 cm³/mol. The number of rotatable bonds is 8. The second kappa shape index (κ2) is 5.59. The maximum absolute atomic E-state index is 9.29. The Kier molecular flexibility index (Phi) is 4.29. The number of nitrogens with one attached hydrogen (secondary N) is 1. The molecule has 2 saturated carbocycles. The van der Waals surface area contributed by atoms with Gasteiger partial charge in [0.1, 0.15) is 5.54 Å². The maximum Gasteiger partial charge on any atom is 0.104 e. The van der Waals surface area contributed by atoms with Crippen LogP contribution >= 0.6 is 0 Å². The molecule has 2 aliphatic rings. The Morgan fingerprint density at radius 2 is 2.11 bits per heavy atom. The summed E-state index contributed by atoms with van der Waals surface area (Å²) in [6.45, 7) is 6.74. The fourth-order valence-electron chi connectivity index (χ4n) is 2.69. The zero-order chi connectivity index (χ0) is 13.2. The van der Waals surface area contributed by atoms with Crippen LogP contribution in [0.5, 0.6) is 0 Å². The van der Waals surface area contributed by atoms with Gasteiger partial charge in [0.2, 0.25) is 0 Å². The van der Waals surface area contributed by atoms with Gasteiger partial charge in [0.25, 0.3) is 0 Å². The largest absolute Gasteiger partial charge is 0.306 e. The van der Waals surface area contributed by atoms with Crippen molar-refractivity contribution in [1.82, 2.24) is 10.2 Å². The lowest BCUT2D eigenvalue weighted by atomic mass is 9.97. The molecule has 2 fully saturated rings. The Morgan fingerprint density at radius 3 is 2.61 bits per heavy atom. The first-order valence-corrected chi connectivity index (χ1v) is 7.40. The highest BCUT2D eigenvalue weighted by Crippen LogP contribution is 2.38. The van der Waals surface area contributed by atoms with E-state index in [4.69, 9.17) is 0 Å². The summed E-state index contributed by atoms with van der Waals surface area (Å²) in [7, 11) is 2.21. The van der Waals surface area contributed by atoms with Crippen LogP contribution in [0, 0.1) is 23.2 Å². The van der Waals surface area contributed by atoms with Gasteiger partial charge in [-0.05, 0) is 64.5 Å². The lowest BCUT2D eigenvalue weighted by Gasteiger charge is -2.24. The highest BCUT2D eigenvalue weighted by Gasteiger charge is 2.34. The molecule has 2 rings (SSSR count). The van der Waals surface area contributed by atoms with E-state index in [-0.39, 0.29) is 5.54 Å². The van der Waals surface area contributed by atoms with Gasteiger partial charge in [-0.3, -0.25) is 5.32 Å². The van der Waals surface area contributed by atoms with Crippen molar-refractivity contribution >= 4 is 0 Å². The SMILES string of the molecule is CC1CC1CN(C)CCCC(C)(C#N)NC1CC1. The molecule has 0 spiro atoms. The predicted octanol–water partition coefficient (Wildman–Crippen LogP) is 2.39. The average Bonchev–Trinajstić information content (AvgIpc) is 3.21. The van der Waals surface area contributed by atoms with Crippen LogP contribution in [0.4, 0.5) is 0 Å². The fraction of sp³-hybridized carbons (Fsp3) is 0.933. The molecule has 3 unspecified atom stereocenters. The van der Waals surface area contributed by atoms with E-state index in [1.165, 1.54) is 25.8 Å². The summed E-state index contributed by atoms with van der Waals surface area (Å²) in [5.74, 6) is 1.87. The number of nitriles is 1. The van der Waals surface area contributed by atoms with Crippen LogP contribution in [-0.4, -0.2) is 36.6 Å². The van der Waals surface area contributed by atoms with Crippen LogP contribution < -0.4 is 5.32 Å². The third-order valence-electron chi connectivity index (χ3n) is 4.39. The van der Waals surface area contributed by atoms with Crippen LogP contribution in [0.15, 0.2) is 0 Å². The van der Waals surface area contributed by atoms with E-state index < -0.39 is 0 Å². The minimum Gasteiger partial charge on any atom is -0.306 e. The second-order valence-corrected chi connectivity index (χ2v) is 6.70. The zero-order valence-electron chi connectivity index (χ0n) is 12.1. The lowest BCUT2D eigenvalue weighted by molar-refractivity contribution is 0.290.